The highest BCUT2D eigenvalue weighted by Gasteiger charge is 2.31. The Hall–Kier alpha value is -3.06. The lowest BCUT2D eigenvalue weighted by Crippen LogP contribution is -2.38. The van der Waals surface area contributed by atoms with Gasteiger partial charge in [-0.1, -0.05) is 53.0 Å². The minimum absolute atomic E-state index is 0.170. The third-order valence-electron chi connectivity index (χ3n) is 4.80. The second-order valence-electron chi connectivity index (χ2n) is 7.18. The minimum Gasteiger partial charge on any atom is -0.398 e. The van der Waals surface area contributed by atoms with Gasteiger partial charge in [0.25, 0.3) is 5.91 Å². The van der Waals surface area contributed by atoms with E-state index in [2.05, 4.69) is 5.10 Å². The summed E-state index contributed by atoms with van der Waals surface area (Å²) >= 11 is 11.9. The maximum Gasteiger partial charge on any atom is 0.270 e. The van der Waals surface area contributed by atoms with Crippen LogP contribution in [0.1, 0.15) is 12.5 Å². The molecule has 1 aliphatic heterocycles. The number of hydrogen-bond donors (Lipinski definition) is 3. The van der Waals surface area contributed by atoms with Gasteiger partial charge in [-0.2, -0.15) is 10.1 Å². The van der Waals surface area contributed by atoms with E-state index in [4.69, 9.17) is 40.4 Å². The molecule has 1 unspecified atom stereocenters. The van der Waals surface area contributed by atoms with Crippen LogP contribution in [0.15, 0.2) is 65.8 Å². The van der Waals surface area contributed by atoms with Crippen LogP contribution in [0, 0.1) is 6.92 Å². The van der Waals surface area contributed by atoms with Crippen molar-refractivity contribution in [3.8, 4) is 11.1 Å². The van der Waals surface area contributed by atoms with Gasteiger partial charge in [0.05, 0.1) is 32.8 Å². The topological polar surface area (TPSA) is 111 Å². The van der Waals surface area contributed by atoms with Crippen LogP contribution in [0.3, 0.4) is 0 Å². The molecule has 160 valence electrons. The SMILES string of the molecule is CC1=NN(c2ccc(C)cc2)C(=O)C1N.Nc1ccc(-c2ccc(N)c(Cl)c2)cc1Cl. The van der Waals surface area contributed by atoms with E-state index in [1.54, 1.807) is 31.2 Å². The second kappa shape index (κ2) is 9.39. The Morgan fingerprint density at radius 1 is 0.839 bits per heavy atom. The van der Waals surface area contributed by atoms with Crippen molar-refractivity contribution in [1.29, 1.82) is 0 Å². The average molecular weight is 456 g/mol. The Bertz CT molecular complexity index is 1100. The molecular formula is C23H23Cl2N5O. The van der Waals surface area contributed by atoms with Gasteiger partial charge in [0.1, 0.15) is 6.04 Å². The first-order valence-corrected chi connectivity index (χ1v) is 10.2. The van der Waals surface area contributed by atoms with Gasteiger partial charge in [-0.3, -0.25) is 4.79 Å². The zero-order valence-electron chi connectivity index (χ0n) is 17.1. The zero-order valence-corrected chi connectivity index (χ0v) is 18.7. The molecule has 1 heterocycles. The number of amides is 1. The number of carbonyl (C=O) groups excluding carboxylic acids is 1. The fourth-order valence-corrected chi connectivity index (χ4v) is 3.23. The number of carbonyl (C=O) groups is 1. The molecule has 6 N–H and O–H groups in total. The summed E-state index contributed by atoms with van der Waals surface area (Å²) in [6.07, 6.45) is 0. The first-order chi connectivity index (χ1) is 14.7. The van der Waals surface area contributed by atoms with Gasteiger partial charge in [0.2, 0.25) is 0 Å². The summed E-state index contributed by atoms with van der Waals surface area (Å²) < 4.78 is 0. The van der Waals surface area contributed by atoms with Crippen LogP contribution in [0.5, 0.6) is 0 Å². The molecule has 8 heteroatoms. The van der Waals surface area contributed by atoms with Crippen LogP contribution in [0.2, 0.25) is 10.0 Å². The molecule has 6 nitrogen and oxygen atoms in total. The van der Waals surface area contributed by atoms with Gasteiger partial charge in [0.15, 0.2) is 0 Å². The number of hydrogen-bond acceptors (Lipinski definition) is 5. The number of halogens is 2. The second-order valence-corrected chi connectivity index (χ2v) is 7.99. The summed E-state index contributed by atoms with van der Waals surface area (Å²) in [6, 6.07) is 17.9. The van der Waals surface area contributed by atoms with Crippen LogP contribution < -0.4 is 22.2 Å². The summed E-state index contributed by atoms with van der Waals surface area (Å²) in [5.41, 5.74) is 22.5. The molecule has 0 bridgehead atoms. The lowest BCUT2D eigenvalue weighted by molar-refractivity contribution is -0.117. The molecule has 0 spiro atoms. The summed E-state index contributed by atoms with van der Waals surface area (Å²) in [4.78, 5) is 11.7. The molecule has 1 amide bonds. The third-order valence-corrected chi connectivity index (χ3v) is 5.45. The van der Waals surface area contributed by atoms with Gasteiger partial charge in [-0.25, -0.2) is 0 Å². The van der Waals surface area contributed by atoms with Crippen molar-refractivity contribution in [2.24, 2.45) is 10.8 Å². The van der Waals surface area contributed by atoms with Crippen molar-refractivity contribution in [2.75, 3.05) is 16.5 Å². The highest BCUT2D eigenvalue weighted by molar-refractivity contribution is 6.34. The minimum atomic E-state index is -0.591. The maximum absolute atomic E-state index is 11.7. The highest BCUT2D eigenvalue weighted by Crippen LogP contribution is 2.30. The highest BCUT2D eigenvalue weighted by atomic mass is 35.5. The van der Waals surface area contributed by atoms with Gasteiger partial charge in [0, 0.05) is 0 Å². The van der Waals surface area contributed by atoms with Gasteiger partial charge < -0.3 is 17.2 Å². The summed E-state index contributed by atoms with van der Waals surface area (Å²) in [6.45, 7) is 3.76. The van der Waals surface area contributed by atoms with Crippen molar-refractivity contribution >= 4 is 51.9 Å². The molecule has 0 aromatic heterocycles. The summed E-state index contributed by atoms with van der Waals surface area (Å²) in [5, 5.41) is 6.55. The Kier molecular flexibility index (Phi) is 6.85. The van der Waals surface area contributed by atoms with E-state index in [0.717, 1.165) is 22.4 Å². The van der Waals surface area contributed by atoms with Gasteiger partial charge >= 0.3 is 0 Å². The Morgan fingerprint density at radius 3 is 1.71 bits per heavy atom. The number of anilines is 3. The fraction of sp³-hybridized carbons (Fsp3) is 0.130. The normalized spacial score (nSPS) is 15.4. The predicted octanol–water partition coefficient (Wildman–Crippen LogP) is 4.87. The Labute approximate surface area is 191 Å². The lowest BCUT2D eigenvalue weighted by atomic mass is 10.1. The molecule has 0 aliphatic carbocycles. The predicted molar refractivity (Wildman–Crippen MR) is 130 cm³/mol. The largest absolute Gasteiger partial charge is 0.398 e. The number of nitrogens with zero attached hydrogens (tertiary/aromatic N) is 2. The third kappa shape index (κ3) is 5.17. The van der Waals surface area contributed by atoms with E-state index < -0.39 is 6.04 Å². The standard InChI is InChI=1S/C12H10Cl2N2.C11H13N3O/c13-9-5-7(1-3-11(9)15)8-2-4-12(16)10(14)6-8;1-7-3-5-9(6-4-7)14-11(15)10(12)8(2)13-14/h1-6H,15-16H2;3-6,10H,12H2,1-2H3. The van der Waals surface area contributed by atoms with Crippen LogP contribution in [0.4, 0.5) is 17.1 Å². The van der Waals surface area contributed by atoms with E-state index >= 15 is 0 Å². The van der Waals surface area contributed by atoms with Crippen LogP contribution in [0.25, 0.3) is 11.1 Å². The van der Waals surface area contributed by atoms with Crippen molar-refractivity contribution in [3.63, 3.8) is 0 Å². The number of benzene rings is 3. The lowest BCUT2D eigenvalue weighted by Gasteiger charge is -2.12. The molecule has 3 aromatic rings. The van der Waals surface area contributed by atoms with Crippen molar-refractivity contribution in [1.82, 2.24) is 0 Å². The maximum atomic E-state index is 11.7. The number of hydrazone groups is 1. The molecular weight excluding hydrogens is 433 g/mol. The molecule has 0 radical (unpaired) electrons. The number of aryl methyl sites for hydroxylation is 1. The van der Waals surface area contributed by atoms with Crippen LogP contribution in [-0.2, 0) is 4.79 Å². The first kappa shape index (κ1) is 22.6. The Morgan fingerprint density at radius 2 is 1.32 bits per heavy atom. The Balaban J connectivity index is 0.000000176. The van der Waals surface area contributed by atoms with Crippen LogP contribution >= 0.6 is 23.2 Å². The van der Waals surface area contributed by atoms with E-state index in [1.807, 2.05) is 43.3 Å². The number of rotatable bonds is 2. The molecule has 0 fully saturated rings. The number of nitrogen functional groups attached to an aromatic ring is 2. The molecule has 0 saturated heterocycles. The van der Waals surface area contributed by atoms with Crippen molar-refractivity contribution in [3.05, 3.63) is 76.3 Å². The molecule has 1 atom stereocenters. The average Bonchev–Trinajstić information content (AvgIpc) is 3.00. The van der Waals surface area contributed by atoms with E-state index in [0.29, 0.717) is 27.1 Å². The first-order valence-electron chi connectivity index (χ1n) is 9.49. The zero-order chi connectivity index (χ0) is 22.7. The van der Waals surface area contributed by atoms with Gasteiger partial charge in [-0.15, -0.1) is 0 Å². The molecule has 0 saturated carbocycles. The van der Waals surface area contributed by atoms with Crippen LogP contribution in [-0.4, -0.2) is 17.7 Å². The molecule has 4 rings (SSSR count). The summed E-state index contributed by atoms with van der Waals surface area (Å²) in [7, 11) is 0. The quantitative estimate of drug-likeness (QED) is 0.478. The van der Waals surface area contributed by atoms with Crippen molar-refractivity contribution in [2.45, 2.75) is 19.9 Å². The van der Waals surface area contributed by atoms with E-state index in [9.17, 15) is 4.79 Å². The number of nitrogens with two attached hydrogens (primary N) is 3. The van der Waals surface area contributed by atoms with E-state index in [1.165, 1.54) is 5.01 Å². The molecule has 1 aliphatic rings. The van der Waals surface area contributed by atoms with Crippen molar-refractivity contribution < 1.29 is 4.79 Å². The molecule has 31 heavy (non-hydrogen) atoms. The van der Waals surface area contributed by atoms with E-state index in [-0.39, 0.29) is 5.91 Å². The molecule has 3 aromatic carbocycles. The van der Waals surface area contributed by atoms with Gasteiger partial charge in [-0.05, 0) is 61.4 Å². The smallest absolute Gasteiger partial charge is 0.270 e. The fourth-order valence-electron chi connectivity index (χ4n) is 2.86. The monoisotopic (exact) mass is 455 g/mol. The summed E-state index contributed by atoms with van der Waals surface area (Å²) in [5.74, 6) is -0.170.